The Kier molecular flexibility index (Phi) is 8.39. The molecule has 3 N–H and O–H groups in total. The number of benzene rings is 2. The highest BCUT2D eigenvalue weighted by Crippen LogP contribution is 2.23. The number of carbonyl (C=O) groups excluding carboxylic acids is 3. The molecule has 1 unspecified atom stereocenters. The van der Waals surface area contributed by atoms with E-state index in [1.54, 1.807) is 67.0 Å². The number of hydrogen-bond acceptors (Lipinski definition) is 6. The van der Waals surface area contributed by atoms with Gasteiger partial charge in [-0.1, -0.05) is 19.9 Å². The molecule has 35 heavy (non-hydrogen) atoms. The summed E-state index contributed by atoms with van der Waals surface area (Å²) in [5, 5.41) is 8.34. The summed E-state index contributed by atoms with van der Waals surface area (Å²) in [4.78, 5) is 42.5. The Bertz CT molecular complexity index is 1180. The van der Waals surface area contributed by atoms with Crippen LogP contribution in [-0.4, -0.2) is 43.0 Å². The lowest BCUT2D eigenvalue weighted by atomic mass is 10.0. The van der Waals surface area contributed by atoms with Crippen LogP contribution in [0.3, 0.4) is 0 Å². The van der Waals surface area contributed by atoms with E-state index in [-0.39, 0.29) is 11.8 Å². The molecule has 0 bridgehead atoms. The van der Waals surface area contributed by atoms with Crippen molar-refractivity contribution in [2.24, 2.45) is 5.92 Å². The molecule has 1 atom stereocenters. The van der Waals surface area contributed by atoms with Gasteiger partial charge in [0.05, 0.1) is 14.2 Å². The average molecular weight is 477 g/mol. The van der Waals surface area contributed by atoms with Crippen LogP contribution >= 0.6 is 0 Å². The molecule has 0 aliphatic carbocycles. The van der Waals surface area contributed by atoms with Crippen LogP contribution in [0.25, 0.3) is 0 Å². The van der Waals surface area contributed by atoms with Crippen LogP contribution in [-0.2, 0) is 4.79 Å². The fourth-order valence-electron chi connectivity index (χ4n) is 3.29. The number of ether oxygens (including phenoxy) is 2. The second-order valence-electron chi connectivity index (χ2n) is 8.06. The van der Waals surface area contributed by atoms with Crippen molar-refractivity contribution in [1.82, 2.24) is 10.3 Å². The van der Waals surface area contributed by atoms with Gasteiger partial charge in [0.25, 0.3) is 11.8 Å². The first-order chi connectivity index (χ1) is 16.8. The smallest absolute Gasteiger partial charge is 0.255 e. The molecule has 9 nitrogen and oxygen atoms in total. The molecule has 0 saturated heterocycles. The maximum absolute atomic E-state index is 13.1. The molecular formula is C26H28N4O5. The lowest BCUT2D eigenvalue weighted by molar-refractivity contribution is -0.118. The molecule has 0 fully saturated rings. The van der Waals surface area contributed by atoms with Crippen molar-refractivity contribution in [2.45, 2.75) is 19.9 Å². The number of rotatable bonds is 9. The Morgan fingerprint density at radius 3 is 2.03 bits per heavy atom. The first-order valence-electron chi connectivity index (χ1n) is 11.0. The van der Waals surface area contributed by atoms with Gasteiger partial charge in [0, 0.05) is 41.0 Å². The predicted molar refractivity (Wildman–Crippen MR) is 133 cm³/mol. The summed E-state index contributed by atoms with van der Waals surface area (Å²) in [7, 11) is 2.98. The number of anilines is 2. The van der Waals surface area contributed by atoms with E-state index in [4.69, 9.17) is 9.47 Å². The van der Waals surface area contributed by atoms with Crippen LogP contribution in [0.4, 0.5) is 11.4 Å². The van der Waals surface area contributed by atoms with Crippen LogP contribution in [0.1, 0.15) is 34.6 Å². The molecule has 3 aromatic rings. The van der Waals surface area contributed by atoms with Gasteiger partial charge in [0.2, 0.25) is 5.91 Å². The molecule has 0 saturated carbocycles. The molecule has 182 valence electrons. The zero-order valence-electron chi connectivity index (χ0n) is 20.0. The van der Waals surface area contributed by atoms with E-state index < -0.39 is 17.9 Å². The second-order valence-corrected chi connectivity index (χ2v) is 8.06. The molecule has 1 aromatic heterocycles. The maximum Gasteiger partial charge on any atom is 0.255 e. The van der Waals surface area contributed by atoms with E-state index in [1.165, 1.54) is 14.2 Å². The normalized spacial score (nSPS) is 11.3. The number of nitrogens with one attached hydrogen (secondary N) is 3. The quantitative estimate of drug-likeness (QED) is 0.433. The summed E-state index contributed by atoms with van der Waals surface area (Å²) >= 11 is 0. The monoisotopic (exact) mass is 476 g/mol. The number of aromatic nitrogens is 1. The number of carbonyl (C=O) groups is 3. The van der Waals surface area contributed by atoms with Gasteiger partial charge in [-0.05, 0) is 48.4 Å². The first-order valence-corrected chi connectivity index (χ1v) is 11.0. The Balaban J connectivity index is 1.72. The van der Waals surface area contributed by atoms with Crippen LogP contribution in [0, 0.1) is 5.92 Å². The fourth-order valence-corrected chi connectivity index (χ4v) is 3.29. The number of nitrogens with zero attached hydrogens (tertiary/aromatic N) is 1. The number of methoxy groups -OCH3 is 2. The molecule has 1 heterocycles. The highest BCUT2D eigenvalue weighted by molar-refractivity contribution is 6.06. The van der Waals surface area contributed by atoms with Crippen LogP contribution in [0.5, 0.6) is 11.5 Å². The van der Waals surface area contributed by atoms with E-state index in [9.17, 15) is 14.4 Å². The van der Waals surface area contributed by atoms with Gasteiger partial charge >= 0.3 is 0 Å². The maximum atomic E-state index is 13.1. The van der Waals surface area contributed by atoms with E-state index in [2.05, 4.69) is 20.9 Å². The van der Waals surface area contributed by atoms with Crippen molar-refractivity contribution in [3.63, 3.8) is 0 Å². The molecule has 3 rings (SSSR count). The van der Waals surface area contributed by atoms with Crippen molar-refractivity contribution in [3.05, 3.63) is 78.1 Å². The Morgan fingerprint density at radius 1 is 0.771 bits per heavy atom. The topological polar surface area (TPSA) is 119 Å². The zero-order chi connectivity index (χ0) is 25.4. The molecule has 2 aromatic carbocycles. The lowest BCUT2D eigenvalue weighted by Crippen LogP contribution is -2.47. The summed E-state index contributed by atoms with van der Waals surface area (Å²) in [5.74, 6) is -0.460. The number of hydrogen-bond donors (Lipinski definition) is 3. The van der Waals surface area contributed by atoms with Crippen LogP contribution in [0.15, 0.2) is 67.0 Å². The van der Waals surface area contributed by atoms with E-state index in [1.807, 2.05) is 13.8 Å². The Morgan fingerprint density at radius 2 is 1.43 bits per heavy atom. The summed E-state index contributed by atoms with van der Waals surface area (Å²) in [6.07, 6.45) is 3.16. The summed E-state index contributed by atoms with van der Waals surface area (Å²) in [6, 6.07) is 13.9. The minimum absolute atomic E-state index is 0.204. The SMILES string of the molecule is COc1cc(OC)cc(C(=O)NC(C(=O)Nc2cccc(C(=O)Nc3ccncc3)c2)C(C)C)c1. The molecule has 9 heteroatoms. The fraction of sp³-hybridized carbons (Fsp3) is 0.231. The van der Waals surface area contributed by atoms with Crippen LogP contribution in [0.2, 0.25) is 0 Å². The predicted octanol–water partition coefficient (Wildman–Crippen LogP) is 3.74. The van der Waals surface area contributed by atoms with Crippen molar-refractivity contribution in [3.8, 4) is 11.5 Å². The molecule has 0 aliphatic rings. The molecule has 0 radical (unpaired) electrons. The van der Waals surface area contributed by atoms with Gasteiger partial charge in [-0.25, -0.2) is 0 Å². The molecule has 3 amide bonds. The van der Waals surface area contributed by atoms with Gasteiger partial charge in [-0.2, -0.15) is 0 Å². The van der Waals surface area contributed by atoms with Crippen molar-refractivity contribution in [2.75, 3.05) is 24.9 Å². The van der Waals surface area contributed by atoms with Gasteiger partial charge in [0.15, 0.2) is 0 Å². The summed E-state index contributed by atoms with van der Waals surface area (Å²) < 4.78 is 10.4. The van der Waals surface area contributed by atoms with Crippen molar-refractivity contribution >= 4 is 29.1 Å². The third kappa shape index (κ3) is 6.80. The third-order valence-corrected chi connectivity index (χ3v) is 5.18. The highest BCUT2D eigenvalue weighted by atomic mass is 16.5. The van der Waals surface area contributed by atoms with Gasteiger partial charge in [-0.3, -0.25) is 19.4 Å². The van der Waals surface area contributed by atoms with Crippen molar-refractivity contribution in [1.29, 1.82) is 0 Å². The van der Waals surface area contributed by atoms with Gasteiger partial charge in [0.1, 0.15) is 17.5 Å². The minimum atomic E-state index is -0.825. The molecule has 0 aliphatic heterocycles. The van der Waals surface area contributed by atoms with E-state index in [0.29, 0.717) is 34.0 Å². The third-order valence-electron chi connectivity index (χ3n) is 5.18. The number of pyridine rings is 1. The molecular weight excluding hydrogens is 448 g/mol. The van der Waals surface area contributed by atoms with E-state index >= 15 is 0 Å². The van der Waals surface area contributed by atoms with Gasteiger partial charge in [-0.15, -0.1) is 0 Å². The standard InChI is InChI=1S/C26H28N4O5/c1-16(2)23(30-25(32)18-13-21(34-3)15-22(14-18)35-4)26(33)29-20-7-5-6-17(12-20)24(31)28-19-8-10-27-11-9-19/h5-16,23H,1-4H3,(H,29,33)(H,30,32)(H,27,28,31). The Hall–Kier alpha value is -4.40. The average Bonchev–Trinajstić information content (AvgIpc) is 2.87. The van der Waals surface area contributed by atoms with Crippen LogP contribution < -0.4 is 25.4 Å². The highest BCUT2D eigenvalue weighted by Gasteiger charge is 2.25. The summed E-state index contributed by atoms with van der Waals surface area (Å²) in [5.41, 5.74) is 1.71. The second kappa shape index (κ2) is 11.6. The Labute approximate surface area is 203 Å². The number of amides is 3. The zero-order valence-corrected chi connectivity index (χ0v) is 20.0. The first kappa shape index (κ1) is 25.2. The summed E-state index contributed by atoms with van der Waals surface area (Å²) in [6.45, 7) is 3.66. The molecule has 0 spiro atoms. The largest absolute Gasteiger partial charge is 0.497 e. The van der Waals surface area contributed by atoms with E-state index in [0.717, 1.165) is 0 Å². The van der Waals surface area contributed by atoms with Gasteiger partial charge < -0.3 is 25.4 Å². The van der Waals surface area contributed by atoms with Crippen molar-refractivity contribution < 1.29 is 23.9 Å². The lowest BCUT2D eigenvalue weighted by Gasteiger charge is -2.22. The minimum Gasteiger partial charge on any atom is -0.497 e.